The first kappa shape index (κ1) is 21.7. The second-order valence-corrected chi connectivity index (χ2v) is 7.55. The van der Waals surface area contributed by atoms with E-state index in [1.54, 1.807) is 19.1 Å². The molecule has 6 nitrogen and oxygen atoms in total. The number of carbonyl (C=O) groups excluding carboxylic acids is 1. The van der Waals surface area contributed by atoms with Crippen LogP contribution in [-0.4, -0.2) is 36.2 Å². The quantitative estimate of drug-likeness (QED) is 0.503. The third kappa shape index (κ3) is 4.28. The molecule has 0 atom stereocenters. The van der Waals surface area contributed by atoms with Gasteiger partial charge in [0.1, 0.15) is 5.82 Å². The van der Waals surface area contributed by atoms with E-state index in [9.17, 15) is 9.18 Å². The van der Waals surface area contributed by atoms with Gasteiger partial charge < -0.3 is 14.4 Å². The Balaban J connectivity index is 1.66. The van der Waals surface area contributed by atoms with Crippen molar-refractivity contribution in [3.63, 3.8) is 0 Å². The number of ether oxygens (including phenoxy) is 2. The first-order valence-corrected chi connectivity index (χ1v) is 10.8. The first-order valence-electron chi connectivity index (χ1n) is 10.8. The van der Waals surface area contributed by atoms with Gasteiger partial charge in [-0.05, 0) is 55.7 Å². The molecular formula is C25H26FN3O3. The van der Waals surface area contributed by atoms with Crippen molar-refractivity contribution in [3.05, 3.63) is 65.1 Å². The molecule has 0 radical (unpaired) electrons. The Morgan fingerprint density at radius 1 is 1.12 bits per heavy atom. The van der Waals surface area contributed by atoms with Gasteiger partial charge in [0.25, 0.3) is 0 Å². The summed E-state index contributed by atoms with van der Waals surface area (Å²) in [6, 6.07) is 12.6. The Morgan fingerprint density at radius 3 is 2.56 bits per heavy atom. The molecule has 0 unspecified atom stereocenters. The monoisotopic (exact) mass is 435 g/mol. The molecule has 7 heteroatoms. The van der Waals surface area contributed by atoms with Crippen molar-refractivity contribution < 1.29 is 18.7 Å². The molecule has 2 aromatic carbocycles. The van der Waals surface area contributed by atoms with Gasteiger partial charge in [0.2, 0.25) is 0 Å². The maximum Gasteiger partial charge on any atom is 0.310 e. The normalized spacial score (nSPS) is 12.6. The smallest absolute Gasteiger partial charge is 0.310 e. The fraction of sp³-hybridized carbons (Fsp3) is 0.320. The Hall–Kier alpha value is -3.48. The van der Waals surface area contributed by atoms with Crippen molar-refractivity contribution in [3.8, 4) is 17.1 Å². The summed E-state index contributed by atoms with van der Waals surface area (Å²) in [6.45, 7) is 5.02. The Bertz CT molecular complexity index is 1130. The fourth-order valence-corrected chi connectivity index (χ4v) is 3.98. The highest BCUT2D eigenvalue weighted by atomic mass is 19.1. The van der Waals surface area contributed by atoms with E-state index in [1.165, 1.54) is 13.2 Å². The fourth-order valence-electron chi connectivity index (χ4n) is 3.98. The number of aryl methyl sites for hydroxylation is 1. The minimum absolute atomic E-state index is 0.190. The largest absolute Gasteiger partial charge is 0.494 e. The van der Waals surface area contributed by atoms with Crippen molar-refractivity contribution >= 4 is 17.5 Å². The van der Waals surface area contributed by atoms with Crippen molar-refractivity contribution in [1.29, 1.82) is 0 Å². The van der Waals surface area contributed by atoms with Gasteiger partial charge in [-0.1, -0.05) is 19.1 Å². The molecule has 1 aromatic heterocycles. The average Bonchev–Trinajstić information content (AvgIpc) is 3.23. The van der Waals surface area contributed by atoms with Gasteiger partial charge in [-0.2, -0.15) is 0 Å². The van der Waals surface area contributed by atoms with Gasteiger partial charge in [-0.25, -0.2) is 14.4 Å². The number of methoxy groups -OCH3 is 1. The highest BCUT2D eigenvalue weighted by molar-refractivity contribution is 5.74. The number of esters is 1. The van der Waals surface area contributed by atoms with Crippen LogP contribution >= 0.6 is 0 Å². The minimum atomic E-state index is -0.443. The number of halogens is 1. The molecule has 0 aliphatic carbocycles. The molecule has 0 saturated carbocycles. The van der Waals surface area contributed by atoms with E-state index in [1.807, 2.05) is 24.3 Å². The van der Waals surface area contributed by atoms with Crippen LogP contribution in [0.3, 0.4) is 0 Å². The number of aromatic nitrogens is 2. The molecule has 0 spiro atoms. The third-order valence-corrected chi connectivity index (χ3v) is 5.56. The molecule has 166 valence electrons. The molecule has 0 bridgehead atoms. The molecule has 0 amide bonds. The van der Waals surface area contributed by atoms with Crippen LogP contribution in [-0.2, 0) is 28.8 Å². The Labute approximate surface area is 187 Å². The summed E-state index contributed by atoms with van der Waals surface area (Å²) in [4.78, 5) is 23.4. The summed E-state index contributed by atoms with van der Waals surface area (Å²) in [7, 11) is 1.44. The molecule has 3 aromatic rings. The molecular weight excluding hydrogens is 409 g/mol. The lowest BCUT2D eigenvalue weighted by Gasteiger charge is -2.20. The van der Waals surface area contributed by atoms with E-state index >= 15 is 0 Å². The predicted molar refractivity (Wildman–Crippen MR) is 121 cm³/mol. The highest BCUT2D eigenvalue weighted by Crippen LogP contribution is 2.36. The van der Waals surface area contributed by atoms with Crippen LogP contribution in [0, 0.1) is 5.82 Å². The van der Waals surface area contributed by atoms with Crippen LogP contribution in [0.5, 0.6) is 5.75 Å². The van der Waals surface area contributed by atoms with Gasteiger partial charge >= 0.3 is 5.97 Å². The van der Waals surface area contributed by atoms with Crippen molar-refractivity contribution in [1.82, 2.24) is 9.97 Å². The van der Waals surface area contributed by atoms with Crippen molar-refractivity contribution in [2.45, 2.75) is 33.1 Å². The lowest BCUT2D eigenvalue weighted by molar-refractivity contribution is -0.142. The van der Waals surface area contributed by atoms with Crippen LogP contribution in [0.4, 0.5) is 15.9 Å². The van der Waals surface area contributed by atoms with Crippen LogP contribution in [0.1, 0.15) is 30.7 Å². The lowest BCUT2D eigenvalue weighted by atomic mass is 10.1. The highest BCUT2D eigenvalue weighted by Gasteiger charge is 2.26. The van der Waals surface area contributed by atoms with Crippen molar-refractivity contribution in [2.24, 2.45) is 0 Å². The number of hydrogen-bond donors (Lipinski definition) is 0. The number of hydrogen-bond acceptors (Lipinski definition) is 6. The van der Waals surface area contributed by atoms with Crippen LogP contribution in [0.15, 0.2) is 42.5 Å². The Morgan fingerprint density at radius 2 is 1.91 bits per heavy atom. The van der Waals surface area contributed by atoms with Gasteiger partial charge in [0.15, 0.2) is 17.4 Å². The number of nitrogens with zero attached hydrogens (tertiary/aromatic N) is 3. The van der Waals surface area contributed by atoms with E-state index in [0.717, 1.165) is 47.7 Å². The maximum absolute atomic E-state index is 14.3. The standard InChI is InChI=1S/C25H26FN3O3/c1-4-21-19-12-13-29(18-9-6-16(7-10-18)14-23(30)32-5-2)25(19)28-24(27-21)17-8-11-22(31-3)20(26)15-17/h6-11,15H,4-5,12-14H2,1-3H3. The zero-order valence-corrected chi connectivity index (χ0v) is 18.5. The van der Waals surface area contributed by atoms with E-state index in [-0.39, 0.29) is 18.1 Å². The summed E-state index contributed by atoms with van der Waals surface area (Å²) in [5.41, 5.74) is 4.60. The number of fused-ring (bicyclic) bond motifs is 1. The molecule has 0 saturated heterocycles. The van der Waals surface area contributed by atoms with Crippen LogP contribution < -0.4 is 9.64 Å². The SMILES string of the molecule is CCOC(=O)Cc1ccc(N2CCc3c(CC)nc(-c4ccc(OC)c(F)c4)nc32)cc1. The second-order valence-electron chi connectivity index (χ2n) is 7.55. The minimum Gasteiger partial charge on any atom is -0.494 e. The van der Waals surface area contributed by atoms with Gasteiger partial charge in [-0.15, -0.1) is 0 Å². The Kier molecular flexibility index (Phi) is 6.35. The predicted octanol–water partition coefficient (Wildman–Crippen LogP) is 4.65. The van der Waals surface area contributed by atoms with E-state index in [0.29, 0.717) is 18.0 Å². The lowest BCUT2D eigenvalue weighted by Crippen LogP contribution is -2.15. The average molecular weight is 435 g/mol. The van der Waals surface area contributed by atoms with Crippen molar-refractivity contribution in [2.75, 3.05) is 25.2 Å². The van der Waals surface area contributed by atoms with E-state index < -0.39 is 5.82 Å². The van der Waals surface area contributed by atoms with Crippen LogP contribution in [0.2, 0.25) is 0 Å². The summed E-state index contributed by atoms with van der Waals surface area (Å²) in [5, 5.41) is 0. The summed E-state index contributed by atoms with van der Waals surface area (Å²) >= 11 is 0. The molecule has 0 N–H and O–H groups in total. The number of carbonyl (C=O) groups is 1. The zero-order chi connectivity index (χ0) is 22.7. The zero-order valence-electron chi connectivity index (χ0n) is 18.5. The number of benzene rings is 2. The van der Waals surface area contributed by atoms with E-state index in [2.05, 4.69) is 11.8 Å². The molecule has 32 heavy (non-hydrogen) atoms. The first-order chi connectivity index (χ1) is 15.5. The topological polar surface area (TPSA) is 64.5 Å². The summed E-state index contributed by atoms with van der Waals surface area (Å²) in [5.74, 6) is 0.856. The summed E-state index contributed by atoms with van der Waals surface area (Å²) < 4.78 is 24.3. The molecule has 1 aliphatic heterocycles. The molecule has 4 rings (SSSR count). The number of anilines is 2. The number of rotatable bonds is 7. The van der Waals surface area contributed by atoms with Gasteiger partial charge in [0, 0.05) is 29.1 Å². The third-order valence-electron chi connectivity index (χ3n) is 5.56. The van der Waals surface area contributed by atoms with Crippen LogP contribution in [0.25, 0.3) is 11.4 Å². The molecule has 2 heterocycles. The maximum atomic E-state index is 14.3. The van der Waals surface area contributed by atoms with E-state index in [4.69, 9.17) is 19.4 Å². The second kappa shape index (κ2) is 9.34. The summed E-state index contributed by atoms with van der Waals surface area (Å²) in [6.07, 6.45) is 1.86. The molecule has 0 fully saturated rings. The van der Waals surface area contributed by atoms with Gasteiger partial charge in [-0.3, -0.25) is 4.79 Å². The molecule has 1 aliphatic rings. The van der Waals surface area contributed by atoms with Gasteiger partial charge in [0.05, 0.1) is 20.1 Å².